The lowest BCUT2D eigenvalue weighted by atomic mass is 10.1. The molecular weight excluding hydrogens is 196 g/mol. The van der Waals surface area contributed by atoms with Gasteiger partial charge in [-0.15, -0.1) is 0 Å². The third-order valence-corrected chi connectivity index (χ3v) is 2.63. The van der Waals surface area contributed by atoms with Crippen molar-refractivity contribution >= 4 is 5.69 Å². The number of nitrogens with one attached hydrogen (secondary N) is 1. The molecule has 1 rings (SSSR count). The molecule has 0 aliphatic rings. The van der Waals surface area contributed by atoms with Crippen molar-refractivity contribution in [3.05, 3.63) is 29.3 Å². The van der Waals surface area contributed by atoms with Crippen LogP contribution in [0, 0.1) is 13.8 Å². The molecule has 0 spiro atoms. The molecule has 0 saturated heterocycles. The molecule has 1 N–H and O–H groups in total. The predicted molar refractivity (Wildman–Crippen MR) is 74.5 cm³/mol. The van der Waals surface area contributed by atoms with Crippen molar-refractivity contribution in [2.24, 2.45) is 0 Å². The molecule has 0 aromatic heterocycles. The van der Waals surface area contributed by atoms with Gasteiger partial charge in [0.15, 0.2) is 0 Å². The third kappa shape index (κ3) is 4.67. The minimum absolute atomic E-state index is 1.02. The van der Waals surface area contributed by atoms with Crippen molar-refractivity contribution in [1.29, 1.82) is 0 Å². The topological polar surface area (TPSA) is 15.3 Å². The number of anilines is 1. The molecule has 0 amide bonds. The highest BCUT2D eigenvalue weighted by Gasteiger charge is 2.00. The Morgan fingerprint density at radius 2 is 1.75 bits per heavy atom. The average Bonchev–Trinajstić information content (AvgIpc) is 2.32. The smallest absolute Gasteiger partial charge is 0.0366 e. The summed E-state index contributed by atoms with van der Waals surface area (Å²) in [7, 11) is 4.11. The maximum atomic E-state index is 3.15. The molecule has 0 fully saturated rings. The van der Waals surface area contributed by atoms with E-state index < -0.39 is 0 Å². The number of benzene rings is 1. The van der Waals surface area contributed by atoms with E-state index in [9.17, 15) is 0 Å². The van der Waals surface area contributed by atoms with Crippen molar-refractivity contribution in [3.63, 3.8) is 0 Å². The number of rotatable bonds is 4. The van der Waals surface area contributed by atoms with Crippen LogP contribution in [0.4, 0.5) is 5.69 Å². The number of hydrogen-bond acceptors (Lipinski definition) is 2. The van der Waals surface area contributed by atoms with Gasteiger partial charge in [-0.3, -0.25) is 0 Å². The van der Waals surface area contributed by atoms with E-state index >= 15 is 0 Å². The Morgan fingerprint density at radius 1 is 1.12 bits per heavy atom. The first-order chi connectivity index (χ1) is 7.65. The minimum atomic E-state index is 1.02. The molecule has 0 bridgehead atoms. The van der Waals surface area contributed by atoms with Crippen LogP contribution in [0.15, 0.2) is 18.2 Å². The lowest BCUT2D eigenvalue weighted by molar-refractivity contribution is 0.767. The molecule has 0 aliphatic carbocycles. The number of hydrogen-bond donors (Lipinski definition) is 1. The van der Waals surface area contributed by atoms with E-state index in [1.807, 2.05) is 20.9 Å². The van der Waals surface area contributed by atoms with Crippen LogP contribution in [0.5, 0.6) is 0 Å². The van der Waals surface area contributed by atoms with Crippen LogP contribution >= 0.6 is 0 Å². The molecule has 0 saturated carbocycles. The van der Waals surface area contributed by atoms with Crippen LogP contribution in [0.1, 0.15) is 25.0 Å². The minimum Gasteiger partial charge on any atom is -0.373 e. The predicted octanol–water partition coefficient (Wildman–Crippen LogP) is 2.99. The van der Waals surface area contributed by atoms with Gasteiger partial charge in [-0.2, -0.15) is 0 Å². The fourth-order valence-electron chi connectivity index (χ4n) is 1.37. The summed E-state index contributed by atoms with van der Waals surface area (Å²) in [5, 5.41) is 3.15. The Kier molecular flexibility index (Phi) is 7.65. The lowest BCUT2D eigenvalue weighted by Gasteiger charge is -2.20. The Morgan fingerprint density at radius 3 is 2.25 bits per heavy atom. The van der Waals surface area contributed by atoms with E-state index in [1.54, 1.807) is 0 Å². The summed E-state index contributed by atoms with van der Waals surface area (Å²) in [6, 6.07) is 6.60. The molecule has 0 heterocycles. The van der Waals surface area contributed by atoms with Gasteiger partial charge in [0, 0.05) is 25.8 Å². The summed E-state index contributed by atoms with van der Waals surface area (Å²) in [5.41, 5.74) is 4.01. The summed E-state index contributed by atoms with van der Waals surface area (Å²) in [6.45, 7) is 10.4. The van der Waals surface area contributed by atoms with Gasteiger partial charge in [0.1, 0.15) is 0 Å². The van der Waals surface area contributed by atoms with E-state index in [0.717, 1.165) is 13.1 Å². The van der Waals surface area contributed by atoms with Crippen LogP contribution in [-0.2, 0) is 0 Å². The highest BCUT2D eigenvalue weighted by Crippen LogP contribution is 2.16. The van der Waals surface area contributed by atoms with Crippen LogP contribution in [0.2, 0.25) is 0 Å². The molecule has 0 radical (unpaired) electrons. The molecule has 1 aromatic carbocycles. The highest BCUT2D eigenvalue weighted by molar-refractivity contribution is 5.49. The van der Waals surface area contributed by atoms with Crippen LogP contribution in [0.3, 0.4) is 0 Å². The molecule has 0 aliphatic heterocycles. The van der Waals surface area contributed by atoms with Crippen LogP contribution in [-0.4, -0.2) is 27.2 Å². The Labute approximate surface area is 101 Å². The van der Waals surface area contributed by atoms with Gasteiger partial charge in [0.25, 0.3) is 0 Å². The van der Waals surface area contributed by atoms with Gasteiger partial charge in [0.05, 0.1) is 0 Å². The summed E-state index contributed by atoms with van der Waals surface area (Å²) in [4.78, 5) is 2.27. The van der Waals surface area contributed by atoms with E-state index in [2.05, 4.69) is 49.3 Å². The third-order valence-electron chi connectivity index (χ3n) is 2.63. The van der Waals surface area contributed by atoms with E-state index in [4.69, 9.17) is 0 Å². The molecule has 0 atom stereocenters. The summed E-state index contributed by atoms with van der Waals surface area (Å²) in [5.74, 6) is 0. The molecular formula is C14H26N2. The Balaban J connectivity index is 0.00000106. The molecule has 1 aromatic rings. The largest absolute Gasteiger partial charge is 0.373 e. The van der Waals surface area contributed by atoms with Crippen molar-refractivity contribution < 1.29 is 0 Å². The van der Waals surface area contributed by atoms with Crippen LogP contribution in [0.25, 0.3) is 0 Å². The maximum Gasteiger partial charge on any atom is 0.0366 e. The molecule has 92 valence electrons. The maximum absolute atomic E-state index is 3.15. The lowest BCUT2D eigenvalue weighted by Crippen LogP contribution is -2.27. The van der Waals surface area contributed by atoms with Gasteiger partial charge in [-0.25, -0.2) is 0 Å². The molecule has 16 heavy (non-hydrogen) atoms. The highest BCUT2D eigenvalue weighted by atomic mass is 15.1. The van der Waals surface area contributed by atoms with Gasteiger partial charge in [0.2, 0.25) is 0 Å². The average molecular weight is 222 g/mol. The van der Waals surface area contributed by atoms with Crippen molar-refractivity contribution in [2.75, 3.05) is 32.1 Å². The molecule has 2 nitrogen and oxygen atoms in total. The number of nitrogens with zero attached hydrogens (tertiary/aromatic N) is 1. The fourth-order valence-corrected chi connectivity index (χ4v) is 1.37. The van der Waals surface area contributed by atoms with Crippen molar-refractivity contribution in [1.82, 2.24) is 5.32 Å². The summed E-state index contributed by atoms with van der Waals surface area (Å²) < 4.78 is 0. The van der Waals surface area contributed by atoms with Gasteiger partial charge in [-0.05, 0) is 44.2 Å². The van der Waals surface area contributed by atoms with Crippen LogP contribution < -0.4 is 10.2 Å². The second-order valence-electron chi connectivity index (χ2n) is 3.79. The zero-order valence-electron chi connectivity index (χ0n) is 11.6. The summed E-state index contributed by atoms with van der Waals surface area (Å²) in [6.07, 6.45) is 0. The number of likely N-dealkylation sites (N-methyl/N-ethyl adjacent to an activating group) is 2. The van der Waals surface area contributed by atoms with E-state index in [-0.39, 0.29) is 0 Å². The Bertz CT molecular complexity index is 295. The first-order valence-electron chi connectivity index (χ1n) is 6.08. The fraction of sp³-hybridized carbons (Fsp3) is 0.571. The molecule has 2 heteroatoms. The van der Waals surface area contributed by atoms with Crippen molar-refractivity contribution in [3.8, 4) is 0 Å². The zero-order chi connectivity index (χ0) is 12.6. The SMILES string of the molecule is CC.CNCCN(C)c1ccc(C)c(C)c1. The number of aryl methyl sites for hydroxylation is 2. The summed E-state index contributed by atoms with van der Waals surface area (Å²) >= 11 is 0. The van der Waals surface area contributed by atoms with Gasteiger partial charge in [-0.1, -0.05) is 19.9 Å². The molecule has 0 unspecified atom stereocenters. The second kappa shape index (κ2) is 8.17. The van der Waals surface area contributed by atoms with Gasteiger partial charge >= 0.3 is 0 Å². The quantitative estimate of drug-likeness (QED) is 0.842. The second-order valence-corrected chi connectivity index (χ2v) is 3.79. The normalized spacial score (nSPS) is 9.38. The van der Waals surface area contributed by atoms with Crippen molar-refractivity contribution in [2.45, 2.75) is 27.7 Å². The standard InChI is InChI=1S/C12H20N2.C2H6/c1-10-5-6-12(9-11(10)2)14(4)8-7-13-3;1-2/h5-6,9,13H,7-8H2,1-4H3;1-2H3. The first kappa shape index (κ1) is 15.0. The van der Waals surface area contributed by atoms with Gasteiger partial charge < -0.3 is 10.2 Å². The monoisotopic (exact) mass is 222 g/mol. The van der Waals surface area contributed by atoms with E-state index in [0.29, 0.717) is 0 Å². The Hall–Kier alpha value is -1.02. The first-order valence-corrected chi connectivity index (χ1v) is 6.08. The zero-order valence-corrected chi connectivity index (χ0v) is 11.6. The van der Waals surface area contributed by atoms with E-state index in [1.165, 1.54) is 16.8 Å².